The molecule has 118 valence electrons. The molecular formula is C17H22N2O2S. The third-order valence-electron chi connectivity index (χ3n) is 3.52. The summed E-state index contributed by atoms with van der Waals surface area (Å²) in [6.07, 6.45) is 1.24. The van der Waals surface area contributed by atoms with Gasteiger partial charge in [-0.2, -0.15) is 0 Å². The van der Waals surface area contributed by atoms with Crippen molar-refractivity contribution in [3.63, 3.8) is 0 Å². The second-order valence-corrected chi connectivity index (χ2v) is 7.64. The van der Waals surface area contributed by atoms with Crippen LogP contribution in [0.25, 0.3) is 0 Å². The second-order valence-electron chi connectivity index (χ2n) is 5.66. The maximum Gasteiger partial charge on any atom is 0.177 e. The van der Waals surface area contributed by atoms with Crippen LogP contribution < -0.4 is 9.80 Å². The Kier molecular flexibility index (Phi) is 4.76. The lowest BCUT2D eigenvalue weighted by Crippen LogP contribution is -2.19. The molecule has 22 heavy (non-hydrogen) atoms. The van der Waals surface area contributed by atoms with E-state index in [-0.39, 0.29) is 0 Å². The number of rotatable bonds is 5. The summed E-state index contributed by atoms with van der Waals surface area (Å²) in [6, 6.07) is 15.3. The monoisotopic (exact) mass is 318 g/mol. The molecule has 0 aliphatic heterocycles. The molecule has 0 heterocycles. The SMILES string of the molecule is CN(C)c1cccc(CN(C)c2ccccc2S(C)(=O)=O)c1. The fraction of sp³-hybridized carbons (Fsp3) is 0.294. The summed E-state index contributed by atoms with van der Waals surface area (Å²) in [5.74, 6) is 0. The molecule has 4 nitrogen and oxygen atoms in total. The van der Waals surface area contributed by atoms with Crippen molar-refractivity contribution >= 4 is 21.2 Å². The van der Waals surface area contributed by atoms with Crippen molar-refractivity contribution in [3.05, 3.63) is 54.1 Å². The molecule has 0 N–H and O–H groups in total. The zero-order valence-electron chi connectivity index (χ0n) is 13.4. The largest absolute Gasteiger partial charge is 0.378 e. The minimum absolute atomic E-state index is 0.362. The van der Waals surface area contributed by atoms with Gasteiger partial charge in [0.2, 0.25) is 0 Å². The number of hydrogen-bond donors (Lipinski definition) is 0. The van der Waals surface area contributed by atoms with E-state index in [0.717, 1.165) is 16.9 Å². The molecule has 2 aromatic carbocycles. The first-order valence-corrected chi connectivity index (χ1v) is 8.94. The normalized spacial score (nSPS) is 11.3. The summed E-state index contributed by atoms with van der Waals surface area (Å²) < 4.78 is 23.8. The van der Waals surface area contributed by atoms with Gasteiger partial charge in [0.25, 0.3) is 0 Å². The molecule has 0 saturated heterocycles. The van der Waals surface area contributed by atoms with E-state index >= 15 is 0 Å². The van der Waals surface area contributed by atoms with Gasteiger partial charge in [0.15, 0.2) is 9.84 Å². The fourth-order valence-corrected chi connectivity index (χ4v) is 3.31. The molecule has 2 aromatic rings. The first kappa shape index (κ1) is 16.4. The summed E-state index contributed by atoms with van der Waals surface area (Å²) >= 11 is 0. The lowest BCUT2D eigenvalue weighted by molar-refractivity contribution is 0.601. The molecule has 0 fully saturated rings. The summed E-state index contributed by atoms with van der Waals surface area (Å²) in [5, 5.41) is 0. The smallest absolute Gasteiger partial charge is 0.177 e. The van der Waals surface area contributed by atoms with Crippen LogP contribution in [-0.4, -0.2) is 35.8 Å². The third-order valence-corrected chi connectivity index (χ3v) is 4.67. The molecule has 0 saturated carbocycles. The fourth-order valence-electron chi connectivity index (χ4n) is 2.38. The van der Waals surface area contributed by atoms with Gasteiger partial charge in [-0.05, 0) is 29.8 Å². The molecule has 0 radical (unpaired) electrons. The van der Waals surface area contributed by atoms with Crippen LogP contribution in [0.15, 0.2) is 53.4 Å². The first-order valence-electron chi connectivity index (χ1n) is 7.05. The molecule has 0 amide bonds. The van der Waals surface area contributed by atoms with Gasteiger partial charge >= 0.3 is 0 Å². The Bertz CT molecular complexity index is 755. The van der Waals surface area contributed by atoms with Gasteiger partial charge < -0.3 is 9.80 Å². The molecule has 0 unspecified atom stereocenters. The Morgan fingerprint density at radius 1 is 0.955 bits per heavy atom. The maximum absolute atomic E-state index is 11.9. The molecule has 0 aliphatic rings. The molecular weight excluding hydrogens is 296 g/mol. The Morgan fingerprint density at radius 3 is 2.27 bits per heavy atom. The standard InChI is InChI=1S/C17H22N2O2S/c1-18(2)15-9-7-8-14(12-15)13-19(3)16-10-5-6-11-17(16)22(4,20)21/h5-12H,13H2,1-4H3. The van der Waals surface area contributed by atoms with Gasteiger partial charge in [-0.25, -0.2) is 8.42 Å². The van der Waals surface area contributed by atoms with E-state index in [4.69, 9.17) is 0 Å². The molecule has 0 aromatic heterocycles. The van der Waals surface area contributed by atoms with Gasteiger partial charge in [0, 0.05) is 39.6 Å². The summed E-state index contributed by atoms with van der Waals surface area (Å²) in [5.41, 5.74) is 2.99. The predicted molar refractivity (Wildman–Crippen MR) is 92.4 cm³/mol. The van der Waals surface area contributed by atoms with Crippen molar-refractivity contribution in [1.82, 2.24) is 0 Å². The number of sulfone groups is 1. The van der Waals surface area contributed by atoms with Crippen molar-refractivity contribution in [2.45, 2.75) is 11.4 Å². The van der Waals surface area contributed by atoms with Gasteiger partial charge in [0.05, 0.1) is 10.6 Å². The van der Waals surface area contributed by atoms with Crippen LogP contribution in [0.1, 0.15) is 5.56 Å². The topological polar surface area (TPSA) is 40.6 Å². The molecule has 0 spiro atoms. The van der Waals surface area contributed by atoms with E-state index in [9.17, 15) is 8.42 Å². The van der Waals surface area contributed by atoms with Crippen molar-refractivity contribution in [2.75, 3.05) is 37.2 Å². The highest BCUT2D eigenvalue weighted by atomic mass is 32.2. The molecule has 5 heteroatoms. The Balaban J connectivity index is 2.31. The van der Waals surface area contributed by atoms with E-state index in [2.05, 4.69) is 6.07 Å². The highest BCUT2D eigenvalue weighted by Crippen LogP contribution is 2.25. The van der Waals surface area contributed by atoms with Crippen LogP contribution in [0.3, 0.4) is 0 Å². The van der Waals surface area contributed by atoms with E-state index in [1.165, 1.54) is 6.26 Å². The number of hydrogen-bond acceptors (Lipinski definition) is 4. The Labute approximate surface area is 132 Å². The summed E-state index contributed by atoms with van der Waals surface area (Å²) in [6.45, 7) is 0.647. The number of para-hydroxylation sites is 1. The maximum atomic E-state index is 11.9. The molecule has 0 aliphatic carbocycles. The van der Waals surface area contributed by atoms with Crippen molar-refractivity contribution in [1.29, 1.82) is 0 Å². The third kappa shape index (κ3) is 3.80. The zero-order valence-corrected chi connectivity index (χ0v) is 14.3. The zero-order chi connectivity index (χ0) is 16.3. The quantitative estimate of drug-likeness (QED) is 0.850. The van der Waals surface area contributed by atoms with Gasteiger partial charge in [-0.1, -0.05) is 24.3 Å². The molecule has 0 bridgehead atoms. The van der Waals surface area contributed by atoms with E-state index in [1.807, 2.05) is 61.3 Å². The number of anilines is 2. The minimum atomic E-state index is -3.24. The summed E-state index contributed by atoms with van der Waals surface area (Å²) in [7, 11) is 2.67. The highest BCUT2D eigenvalue weighted by molar-refractivity contribution is 7.90. The van der Waals surface area contributed by atoms with E-state index in [1.54, 1.807) is 12.1 Å². The van der Waals surface area contributed by atoms with Crippen molar-refractivity contribution in [3.8, 4) is 0 Å². The Hall–Kier alpha value is -2.01. The lowest BCUT2D eigenvalue weighted by Gasteiger charge is -2.23. The molecule has 0 atom stereocenters. The first-order chi connectivity index (χ1) is 10.3. The second kappa shape index (κ2) is 6.40. The van der Waals surface area contributed by atoms with Crippen LogP contribution in [0.5, 0.6) is 0 Å². The van der Waals surface area contributed by atoms with Crippen molar-refractivity contribution < 1.29 is 8.42 Å². The minimum Gasteiger partial charge on any atom is -0.378 e. The average molecular weight is 318 g/mol. The van der Waals surface area contributed by atoms with Crippen LogP contribution >= 0.6 is 0 Å². The van der Waals surface area contributed by atoms with Gasteiger partial charge in [0.1, 0.15) is 0 Å². The van der Waals surface area contributed by atoms with Crippen LogP contribution in [0.2, 0.25) is 0 Å². The average Bonchev–Trinajstić information content (AvgIpc) is 2.46. The Morgan fingerprint density at radius 2 is 1.64 bits per heavy atom. The summed E-state index contributed by atoms with van der Waals surface area (Å²) in [4.78, 5) is 4.38. The van der Waals surface area contributed by atoms with Crippen LogP contribution in [0.4, 0.5) is 11.4 Å². The van der Waals surface area contributed by atoms with Crippen molar-refractivity contribution in [2.24, 2.45) is 0 Å². The van der Waals surface area contributed by atoms with Crippen LogP contribution in [-0.2, 0) is 16.4 Å². The predicted octanol–water partition coefficient (Wildman–Crippen LogP) is 2.79. The van der Waals surface area contributed by atoms with E-state index < -0.39 is 9.84 Å². The lowest BCUT2D eigenvalue weighted by atomic mass is 10.1. The van der Waals surface area contributed by atoms with Gasteiger partial charge in [-0.3, -0.25) is 0 Å². The van der Waals surface area contributed by atoms with Crippen LogP contribution in [0, 0.1) is 0 Å². The van der Waals surface area contributed by atoms with Gasteiger partial charge in [-0.15, -0.1) is 0 Å². The number of nitrogens with zero attached hydrogens (tertiary/aromatic N) is 2. The number of benzene rings is 2. The highest BCUT2D eigenvalue weighted by Gasteiger charge is 2.15. The van der Waals surface area contributed by atoms with E-state index in [0.29, 0.717) is 11.4 Å². The molecule has 2 rings (SSSR count).